The SMILES string of the molecule is CCCCCCCCCCCCOCCOC(=O)CC[C@H](NC(=O)c1ccc(OCCOP(=O)(O)O)cc1)C(=O)OCCOCCCCCCCCCCCC. The molecule has 0 heterocycles. The topological polar surface area (TPSA) is 176 Å². The molecule has 3 N–H and O–H groups in total. The quantitative estimate of drug-likeness (QED) is 0.0327. The number of nitrogens with one attached hydrogen (secondary N) is 1. The molecule has 13 nitrogen and oxygen atoms in total. The molecule has 0 saturated heterocycles. The lowest BCUT2D eigenvalue weighted by molar-refractivity contribution is -0.149. The van der Waals surface area contributed by atoms with Crippen molar-refractivity contribution in [2.24, 2.45) is 0 Å². The molecule has 0 spiro atoms. The highest BCUT2D eigenvalue weighted by Crippen LogP contribution is 2.35. The predicted octanol–water partition coefficient (Wildman–Crippen LogP) is 9.01. The van der Waals surface area contributed by atoms with Crippen molar-refractivity contribution >= 4 is 25.7 Å². The summed E-state index contributed by atoms with van der Waals surface area (Å²) in [7, 11) is -4.59. The maximum absolute atomic E-state index is 13.1. The first kappa shape index (κ1) is 51.5. The molecule has 1 aromatic carbocycles. The molecular formula is C42H74NO12P. The summed E-state index contributed by atoms with van der Waals surface area (Å²) < 4.78 is 42.5. The smallest absolute Gasteiger partial charge is 0.469 e. The molecule has 14 heteroatoms. The van der Waals surface area contributed by atoms with E-state index in [0.29, 0.717) is 25.6 Å². The van der Waals surface area contributed by atoms with Crippen LogP contribution < -0.4 is 10.1 Å². The molecule has 1 atom stereocenters. The number of rotatable bonds is 39. The summed E-state index contributed by atoms with van der Waals surface area (Å²) in [6.45, 7) is 5.87. The Morgan fingerprint density at radius 3 is 1.54 bits per heavy atom. The number of phosphoric ester groups is 1. The molecular weight excluding hydrogens is 741 g/mol. The van der Waals surface area contributed by atoms with Crippen LogP contribution in [0.15, 0.2) is 24.3 Å². The lowest BCUT2D eigenvalue weighted by Gasteiger charge is -2.18. The molecule has 0 bridgehead atoms. The highest BCUT2D eigenvalue weighted by Gasteiger charge is 2.24. The van der Waals surface area contributed by atoms with Crippen molar-refractivity contribution < 1.29 is 56.9 Å². The number of unbranched alkanes of at least 4 members (excludes halogenated alkanes) is 18. The summed E-state index contributed by atoms with van der Waals surface area (Å²) in [4.78, 5) is 56.2. The zero-order valence-electron chi connectivity index (χ0n) is 34.5. The minimum absolute atomic E-state index is 0.0154. The second kappa shape index (κ2) is 35.6. The van der Waals surface area contributed by atoms with Gasteiger partial charge in [-0.2, -0.15) is 0 Å². The summed E-state index contributed by atoms with van der Waals surface area (Å²) >= 11 is 0. The minimum atomic E-state index is -4.59. The van der Waals surface area contributed by atoms with E-state index in [1.807, 2.05) is 0 Å². The van der Waals surface area contributed by atoms with Gasteiger partial charge in [0, 0.05) is 25.2 Å². The fourth-order valence-corrected chi connectivity index (χ4v) is 6.26. The van der Waals surface area contributed by atoms with Crippen molar-refractivity contribution in [1.29, 1.82) is 0 Å². The molecule has 0 aliphatic heterocycles. The summed E-state index contributed by atoms with van der Waals surface area (Å²) in [6.07, 6.45) is 24.6. The Morgan fingerprint density at radius 2 is 1.05 bits per heavy atom. The molecule has 1 rings (SSSR count). The first-order chi connectivity index (χ1) is 27.2. The fourth-order valence-electron chi connectivity index (χ4n) is 5.95. The number of carbonyl (C=O) groups is 3. The van der Waals surface area contributed by atoms with E-state index in [-0.39, 0.29) is 51.4 Å². The van der Waals surface area contributed by atoms with E-state index in [2.05, 4.69) is 23.7 Å². The number of ether oxygens (including phenoxy) is 5. The Kier molecular flexibility index (Phi) is 32.7. The molecule has 56 heavy (non-hydrogen) atoms. The number of amides is 1. The zero-order chi connectivity index (χ0) is 41.0. The Bertz CT molecular complexity index is 1160. The van der Waals surface area contributed by atoms with Gasteiger partial charge in [0.25, 0.3) is 5.91 Å². The zero-order valence-corrected chi connectivity index (χ0v) is 35.4. The second-order valence-corrected chi connectivity index (χ2v) is 15.5. The highest BCUT2D eigenvalue weighted by molar-refractivity contribution is 7.46. The number of phosphoric acid groups is 1. The molecule has 1 amide bonds. The van der Waals surface area contributed by atoms with E-state index >= 15 is 0 Å². The normalized spacial score (nSPS) is 12.0. The average molecular weight is 816 g/mol. The van der Waals surface area contributed by atoms with Crippen LogP contribution in [0.2, 0.25) is 0 Å². The molecule has 0 radical (unpaired) electrons. The number of benzene rings is 1. The third-order valence-corrected chi connectivity index (χ3v) is 9.72. The van der Waals surface area contributed by atoms with Gasteiger partial charge in [0.1, 0.15) is 31.6 Å². The summed E-state index contributed by atoms with van der Waals surface area (Å²) in [6, 6.07) is 4.85. The van der Waals surface area contributed by atoms with Gasteiger partial charge < -0.3 is 38.8 Å². The van der Waals surface area contributed by atoms with E-state index < -0.39 is 31.7 Å². The third kappa shape index (κ3) is 31.5. The monoisotopic (exact) mass is 815 g/mol. The highest BCUT2D eigenvalue weighted by atomic mass is 31.2. The molecule has 0 aliphatic carbocycles. The fraction of sp³-hybridized carbons (Fsp3) is 0.786. The van der Waals surface area contributed by atoms with Crippen LogP contribution in [-0.2, 0) is 37.6 Å². The first-order valence-electron chi connectivity index (χ1n) is 21.4. The van der Waals surface area contributed by atoms with Gasteiger partial charge in [-0.3, -0.25) is 14.1 Å². The van der Waals surface area contributed by atoms with E-state index in [9.17, 15) is 18.9 Å². The summed E-state index contributed by atoms with van der Waals surface area (Å²) in [5.74, 6) is -1.41. The number of carbonyl (C=O) groups excluding carboxylic acids is 3. The van der Waals surface area contributed by atoms with E-state index in [1.54, 1.807) is 0 Å². The van der Waals surface area contributed by atoms with Crippen LogP contribution >= 0.6 is 7.82 Å². The first-order valence-corrected chi connectivity index (χ1v) is 22.9. The maximum atomic E-state index is 13.1. The molecule has 324 valence electrons. The van der Waals surface area contributed by atoms with Crippen molar-refractivity contribution in [1.82, 2.24) is 5.32 Å². The molecule has 1 aromatic rings. The predicted molar refractivity (Wildman–Crippen MR) is 218 cm³/mol. The Hall–Kier alpha value is -2.54. The summed E-state index contributed by atoms with van der Waals surface area (Å²) in [5.41, 5.74) is 0.226. The van der Waals surface area contributed by atoms with Crippen molar-refractivity contribution in [3.05, 3.63) is 29.8 Å². The van der Waals surface area contributed by atoms with Crippen LogP contribution in [0.1, 0.15) is 165 Å². The van der Waals surface area contributed by atoms with Gasteiger partial charge in [0.15, 0.2) is 0 Å². The van der Waals surface area contributed by atoms with E-state index in [4.69, 9.17) is 33.5 Å². The maximum Gasteiger partial charge on any atom is 0.469 e. The van der Waals surface area contributed by atoms with Gasteiger partial charge in [-0.05, 0) is 43.5 Å². The molecule has 0 unspecified atom stereocenters. The Labute approximate surface area is 336 Å². The van der Waals surface area contributed by atoms with Crippen LogP contribution in [0.4, 0.5) is 0 Å². The third-order valence-electron chi connectivity index (χ3n) is 9.20. The van der Waals surface area contributed by atoms with Gasteiger partial charge in [-0.25, -0.2) is 9.36 Å². The van der Waals surface area contributed by atoms with Crippen LogP contribution in [0.3, 0.4) is 0 Å². The van der Waals surface area contributed by atoms with Gasteiger partial charge in [0.2, 0.25) is 0 Å². The molecule has 0 aromatic heterocycles. The lowest BCUT2D eigenvalue weighted by atomic mass is 10.1. The van der Waals surface area contributed by atoms with Gasteiger partial charge >= 0.3 is 19.8 Å². The number of esters is 2. The van der Waals surface area contributed by atoms with Crippen molar-refractivity contribution in [2.75, 3.05) is 52.9 Å². The van der Waals surface area contributed by atoms with Crippen LogP contribution in [0, 0.1) is 0 Å². The molecule has 0 saturated carbocycles. The van der Waals surface area contributed by atoms with Crippen molar-refractivity contribution in [3.63, 3.8) is 0 Å². The van der Waals surface area contributed by atoms with Crippen molar-refractivity contribution in [2.45, 2.75) is 161 Å². The Morgan fingerprint density at radius 1 is 0.589 bits per heavy atom. The van der Waals surface area contributed by atoms with Gasteiger partial charge in [-0.15, -0.1) is 0 Å². The average Bonchev–Trinajstić information content (AvgIpc) is 3.18. The largest absolute Gasteiger partial charge is 0.491 e. The lowest BCUT2D eigenvalue weighted by Crippen LogP contribution is -2.42. The van der Waals surface area contributed by atoms with Crippen LogP contribution in [0.25, 0.3) is 0 Å². The standard InChI is InChI=1S/C42H74NO12P/c1-3-5-7-9-11-13-15-17-19-21-29-50-31-33-53-40(44)28-27-39(42(46)54-34-32-51-30-22-20-18-16-14-12-10-8-6-4-2)43-41(45)37-23-25-38(26-24-37)52-35-36-55-56(47,48)49/h23-26,39H,3-22,27-36H2,1-2H3,(H,43,45)(H2,47,48,49)/t39-/m0/s1. The van der Waals surface area contributed by atoms with E-state index in [1.165, 1.54) is 127 Å². The van der Waals surface area contributed by atoms with Gasteiger partial charge in [-0.1, -0.05) is 129 Å². The Balaban J connectivity index is 2.44. The second-order valence-electron chi connectivity index (χ2n) is 14.2. The molecule has 0 fully saturated rings. The number of hydrogen-bond acceptors (Lipinski definition) is 10. The van der Waals surface area contributed by atoms with Crippen LogP contribution in [0.5, 0.6) is 5.75 Å². The van der Waals surface area contributed by atoms with Gasteiger partial charge in [0.05, 0.1) is 19.8 Å². The summed E-state index contributed by atoms with van der Waals surface area (Å²) in [5, 5.41) is 2.66. The molecule has 0 aliphatic rings. The minimum Gasteiger partial charge on any atom is -0.491 e. The van der Waals surface area contributed by atoms with Crippen molar-refractivity contribution in [3.8, 4) is 5.75 Å². The number of hydrogen-bond donors (Lipinski definition) is 3. The van der Waals surface area contributed by atoms with E-state index in [0.717, 1.165) is 25.7 Å². The van der Waals surface area contributed by atoms with Crippen LogP contribution in [-0.4, -0.2) is 86.5 Å².